The van der Waals surface area contributed by atoms with Crippen molar-refractivity contribution in [3.05, 3.63) is 64.7 Å². The van der Waals surface area contributed by atoms with Gasteiger partial charge in [0.25, 0.3) is 0 Å². The first kappa shape index (κ1) is 15.8. The highest BCUT2D eigenvalue weighted by Gasteiger charge is 2.10. The Kier molecular flexibility index (Phi) is 5.59. The van der Waals surface area contributed by atoms with Gasteiger partial charge >= 0.3 is 0 Å². The molecule has 0 aromatic heterocycles. The molecule has 2 rings (SSSR count). The number of aryl methyl sites for hydroxylation is 1. The van der Waals surface area contributed by atoms with Crippen LogP contribution in [0.4, 0.5) is 5.69 Å². The van der Waals surface area contributed by atoms with Crippen LogP contribution in [0.25, 0.3) is 0 Å². The first-order valence-corrected chi connectivity index (χ1v) is 7.77. The van der Waals surface area contributed by atoms with Crippen LogP contribution in [0.15, 0.2) is 48.5 Å². The van der Waals surface area contributed by atoms with Crippen molar-refractivity contribution >= 4 is 34.6 Å². The van der Waals surface area contributed by atoms with E-state index in [0.29, 0.717) is 10.1 Å². The van der Waals surface area contributed by atoms with Gasteiger partial charge in [-0.3, -0.25) is 0 Å². The van der Waals surface area contributed by atoms with E-state index in [4.69, 9.17) is 23.8 Å². The van der Waals surface area contributed by atoms with Gasteiger partial charge in [-0.15, -0.1) is 0 Å². The normalized spacial score (nSPS) is 11.8. The van der Waals surface area contributed by atoms with Gasteiger partial charge < -0.3 is 10.6 Å². The second-order valence-electron chi connectivity index (χ2n) is 4.93. The molecule has 21 heavy (non-hydrogen) atoms. The number of rotatable bonds is 4. The smallest absolute Gasteiger partial charge is 0.171 e. The quantitative estimate of drug-likeness (QED) is 0.768. The van der Waals surface area contributed by atoms with E-state index in [2.05, 4.69) is 29.7 Å². The highest BCUT2D eigenvalue weighted by atomic mass is 35.5. The van der Waals surface area contributed by atoms with Crippen LogP contribution in [0.2, 0.25) is 5.02 Å². The largest absolute Gasteiger partial charge is 0.356 e. The Morgan fingerprint density at radius 3 is 2.57 bits per heavy atom. The minimum Gasteiger partial charge on any atom is -0.356 e. The summed E-state index contributed by atoms with van der Waals surface area (Å²) >= 11 is 11.4. The highest BCUT2D eigenvalue weighted by Crippen LogP contribution is 2.21. The van der Waals surface area contributed by atoms with Crippen LogP contribution in [-0.4, -0.2) is 5.11 Å². The van der Waals surface area contributed by atoms with Crippen LogP contribution in [0, 0.1) is 6.92 Å². The third-order valence-electron chi connectivity index (χ3n) is 3.36. The minimum absolute atomic E-state index is 0.200. The Hall–Kier alpha value is -1.58. The van der Waals surface area contributed by atoms with Crippen molar-refractivity contribution in [1.82, 2.24) is 5.32 Å². The van der Waals surface area contributed by atoms with Gasteiger partial charge in [0.05, 0.1) is 6.04 Å². The predicted molar refractivity (Wildman–Crippen MR) is 95.0 cm³/mol. The molecule has 0 bridgehead atoms. The predicted octanol–water partition coefficient (Wildman–Crippen LogP) is 5.09. The molecule has 0 radical (unpaired) electrons. The van der Waals surface area contributed by atoms with Gasteiger partial charge in [0, 0.05) is 10.7 Å². The van der Waals surface area contributed by atoms with E-state index in [0.717, 1.165) is 17.7 Å². The van der Waals surface area contributed by atoms with E-state index in [1.165, 1.54) is 5.56 Å². The molecule has 4 heteroatoms. The first-order chi connectivity index (χ1) is 10.1. The average molecular weight is 319 g/mol. The van der Waals surface area contributed by atoms with Crippen molar-refractivity contribution in [2.24, 2.45) is 0 Å². The minimum atomic E-state index is 0.200. The van der Waals surface area contributed by atoms with E-state index in [9.17, 15) is 0 Å². The molecule has 0 aliphatic carbocycles. The molecule has 2 aromatic carbocycles. The Morgan fingerprint density at radius 2 is 1.90 bits per heavy atom. The molecule has 1 atom stereocenters. The van der Waals surface area contributed by atoms with E-state index >= 15 is 0 Å². The number of hydrogen-bond donors (Lipinski definition) is 2. The van der Waals surface area contributed by atoms with E-state index in [-0.39, 0.29) is 6.04 Å². The maximum atomic E-state index is 6.03. The van der Waals surface area contributed by atoms with Crippen molar-refractivity contribution in [2.75, 3.05) is 5.32 Å². The van der Waals surface area contributed by atoms with E-state index in [1.54, 1.807) is 0 Å². The second-order valence-corrected chi connectivity index (χ2v) is 5.77. The fourth-order valence-corrected chi connectivity index (χ4v) is 2.58. The molecular weight excluding hydrogens is 300 g/mol. The van der Waals surface area contributed by atoms with Gasteiger partial charge in [-0.2, -0.15) is 0 Å². The van der Waals surface area contributed by atoms with Crippen molar-refractivity contribution in [3.8, 4) is 0 Å². The topological polar surface area (TPSA) is 24.1 Å². The molecule has 0 fully saturated rings. The van der Waals surface area contributed by atoms with Gasteiger partial charge in [0.1, 0.15) is 0 Å². The zero-order valence-corrected chi connectivity index (χ0v) is 13.8. The standard InChI is InChI=1S/C17H19ClN2S/c1-3-15(13-7-5-4-6-8-13)19-17(21)20-16-11-14(18)10-9-12(16)2/h4-11,15H,3H2,1-2H3,(H2,19,20,21). The molecule has 2 nitrogen and oxygen atoms in total. The molecular formula is C17H19ClN2S. The number of nitrogens with one attached hydrogen (secondary N) is 2. The Bertz CT molecular complexity index is 613. The van der Waals surface area contributed by atoms with Crippen LogP contribution in [0.5, 0.6) is 0 Å². The maximum Gasteiger partial charge on any atom is 0.171 e. The molecule has 0 aliphatic heterocycles. The number of hydrogen-bond acceptors (Lipinski definition) is 1. The van der Waals surface area contributed by atoms with Gasteiger partial charge in [0.2, 0.25) is 0 Å². The zero-order chi connectivity index (χ0) is 15.2. The van der Waals surface area contributed by atoms with Crippen LogP contribution in [0.3, 0.4) is 0 Å². The summed E-state index contributed by atoms with van der Waals surface area (Å²) in [7, 11) is 0. The molecule has 0 saturated carbocycles. The molecule has 0 spiro atoms. The fourth-order valence-electron chi connectivity index (χ4n) is 2.15. The molecule has 0 amide bonds. The summed E-state index contributed by atoms with van der Waals surface area (Å²) < 4.78 is 0. The summed E-state index contributed by atoms with van der Waals surface area (Å²) in [5.74, 6) is 0. The lowest BCUT2D eigenvalue weighted by molar-refractivity contribution is 0.629. The molecule has 1 unspecified atom stereocenters. The zero-order valence-electron chi connectivity index (χ0n) is 12.2. The van der Waals surface area contributed by atoms with Crippen molar-refractivity contribution < 1.29 is 0 Å². The Labute approximate surface area is 136 Å². The third-order valence-corrected chi connectivity index (χ3v) is 3.82. The summed E-state index contributed by atoms with van der Waals surface area (Å²) in [6.45, 7) is 4.16. The van der Waals surface area contributed by atoms with Gasteiger partial charge in [-0.25, -0.2) is 0 Å². The van der Waals surface area contributed by atoms with Gasteiger partial charge in [-0.05, 0) is 48.8 Å². The van der Waals surface area contributed by atoms with Crippen molar-refractivity contribution in [3.63, 3.8) is 0 Å². The van der Waals surface area contributed by atoms with E-state index < -0.39 is 0 Å². The summed E-state index contributed by atoms with van der Waals surface area (Å²) in [4.78, 5) is 0. The molecule has 110 valence electrons. The van der Waals surface area contributed by atoms with Gasteiger partial charge in [-0.1, -0.05) is 54.9 Å². The van der Waals surface area contributed by atoms with E-state index in [1.807, 2.05) is 43.3 Å². The molecule has 0 aliphatic rings. The summed E-state index contributed by atoms with van der Waals surface area (Å²) in [5, 5.41) is 7.88. The van der Waals surface area contributed by atoms with Crippen LogP contribution < -0.4 is 10.6 Å². The number of benzene rings is 2. The summed E-state index contributed by atoms with van der Waals surface area (Å²) in [6, 6.07) is 16.2. The van der Waals surface area contributed by atoms with Gasteiger partial charge in [0.15, 0.2) is 5.11 Å². The lowest BCUT2D eigenvalue weighted by atomic mass is 10.1. The number of anilines is 1. The Balaban J connectivity index is 2.05. The lowest BCUT2D eigenvalue weighted by Gasteiger charge is -2.20. The SMILES string of the molecule is CCC(NC(=S)Nc1cc(Cl)ccc1C)c1ccccc1. The summed E-state index contributed by atoms with van der Waals surface area (Å²) in [5.41, 5.74) is 3.27. The summed E-state index contributed by atoms with van der Waals surface area (Å²) in [6.07, 6.45) is 0.959. The number of halogens is 1. The maximum absolute atomic E-state index is 6.03. The lowest BCUT2D eigenvalue weighted by Crippen LogP contribution is -2.32. The average Bonchev–Trinajstić information content (AvgIpc) is 2.49. The Morgan fingerprint density at radius 1 is 1.19 bits per heavy atom. The van der Waals surface area contributed by atoms with Crippen LogP contribution in [-0.2, 0) is 0 Å². The molecule has 0 heterocycles. The molecule has 0 saturated heterocycles. The van der Waals surface area contributed by atoms with Crippen LogP contribution in [0.1, 0.15) is 30.5 Å². The van der Waals surface area contributed by atoms with Crippen molar-refractivity contribution in [1.29, 1.82) is 0 Å². The highest BCUT2D eigenvalue weighted by molar-refractivity contribution is 7.80. The van der Waals surface area contributed by atoms with Crippen LogP contribution >= 0.6 is 23.8 Å². The molecule has 2 aromatic rings. The molecule has 2 N–H and O–H groups in total. The fraction of sp³-hybridized carbons (Fsp3) is 0.235. The number of thiocarbonyl (C=S) groups is 1. The van der Waals surface area contributed by atoms with Crippen molar-refractivity contribution in [2.45, 2.75) is 26.3 Å². The monoisotopic (exact) mass is 318 g/mol. The third kappa shape index (κ3) is 4.45. The first-order valence-electron chi connectivity index (χ1n) is 6.98. The second kappa shape index (κ2) is 7.43.